The molecule has 1 fully saturated rings. The number of nitrogens with zero attached hydrogens (tertiary/aromatic N) is 1. The lowest BCUT2D eigenvalue weighted by Crippen LogP contribution is -2.32. The minimum atomic E-state index is -2.78. The van der Waals surface area contributed by atoms with Gasteiger partial charge in [-0.1, -0.05) is 30.3 Å². The zero-order valence-electron chi connectivity index (χ0n) is 10.2. The fourth-order valence-electron chi connectivity index (χ4n) is 2.00. The predicted molar refractivity (Wildman–Crippen MR) is 74.0 cm³/mol. The minimum Gasteiger partial charge on any atom is -0.311 e. The molecule has 0 aliphatic carbocycles. The number of hydrogen-bond acceptors (Lipinski definition) is 4. The van der Waals surface area contributed by atoms with Crippen molar-refractivity contribution in [1.29, 1.82) is 0 Å². The predicted octanol–water partition coefficient (Wildman–Crippen LogP) is 0.882. The second kappa shape index (κ2) is 6.11. The maximum Gasteiger partial charge on any atom is 0.151 e. The lowest BCUT2D eigenvalue weighted by molar-refractivity contribution is 0.561. The van der Waals surface area contributed by atoms with Crippen molar-refractivity contribution in [3.63, 3.8) is 0 Å². The summed E-state index contributed by atoms with van der Waals surface area (Å²) in [5, 5.41) is 3.23. The van der Waals surface area contributed by atoms with Crippen molar-refractivity contribution in [1.82, 2.24) is 5.32 Å². The van der Waals surface area contributed by atoms with E-state index in [1.54, 1.807) is 0 Å². The van der Waals surface area contributed by atoms with Gasteiger partial charge < -0.3 is 5.32 Å². The fourth-order valence-corrected chi connectivity index (χ4v) is 3.71. The maximum absolute atomic E-state index is 11.2. The molecule has 0 saturated carbocycles. The number of nitrogens with one attached hydrogen (secondary N) is 1. The van der Waals surface area contributed by atoms with Gasteiger partial charge in [0.2, 0.25) is 0 Å². The summed E-state index contributed by atoms with van der Waals surface area (Å²) in [4.78, 5) is 4.30. The van der Waals surface area contributed by atoms with E-state index in [1.807, 2.05) is 36.5 Å². The molecule has 2 rings (SSSR count). The van der Waals surface area contributed by atoms with Gasteiger partial charge in [-0.3, -0.25) is 4.99 Å². The van der Waals surface area contributed by atoms with Crippen LogP contribution in [0.15, 0.2) is 35.3 Å². The Morgan fingerprint density at radius 2 is 2.11 bits per heavy atom. The van der Waals surface area contributed by atoms with Crippen LogP contribution in [-0.2, 0) is 9.84 Å². The first kappa shape index (κ1) is 13.2. The summed E-state index contributed by atoms with van der Waals surface area (Å²) in [6.07, 6.45) is 2.57. The minimum absolute atomic E-state index is 0.113. The first-order valence-electron chi connectivity index (χ1n) is 6.14. The van der Waals surface area contributed by atoms with E-state index in [-0.39, 0.29) is 11.8 Å². The SMILES string of the molecule is O=S1(=O)CC[C@@H](NCCN=Cc2ccccc2)C1. The quantitative estimate of drug-likeness (QED) is 0.636. The largest absolute Gasteiger partial charge is 0.311 e. The van der Waals surface area contributed by atoms with Crippen molar-refractivity contribution in [3.05, 3.63) is 35.9 Å². The van der Waals surface area contributed by atoms with E-state index in [0.717, 1.165) is 18.5 Å². The lowest BCUT2D eigenvalue weighted by Gasteiger charge is -2.08. The Labute approximate surface area is 108 Å². The zero-order chi connectivity index (χ0) is 12.8. The van der Waals surface area contributed by atoms with Crippen LogP contribution in [-0.4, -0.2) is 45.3 Å². The first-order valence-corrected chi connectivity index (χ1v) is 7.96. The lowest BCUT2D eigenvalue weighted by atomic mass is 10.2. The zero-order valence-corrected chi connectivity index (χ0v) is 11.1. The molecule has 1 heterocycles. The van der Waals surface area contributed by atoms with Crippen molar-refractivity contribution in [2.75, 3.05) is 24.6 Å². The third-order valence-corrected chi connectivity index (χ3v) is 4.71. The second-order valence-corrected chi connectivity index (χ2v) is 6.73. The molecule has 1 atom stereocenters. The van der Waals surface area contributed by atoms with Crippen molar-refractivity contribution in [2.45, 2.75) is 12.5 Å². The first-order chi connectivity index (χ1) is 8.66. The van der Waals surface area contributed by atoms with Crippen molar-refractivity contribution >= 4 is 16.1 Å². The summed E-state index contributed by atoms with van der Waals surface area (Å²) in [5.41, 5.74) is 1.08. The van der Waals surface area contributed by atoms with Gasteiger partial charge in [0.05, 0.1) is 18.1 Å². The molecule has 18 heavy (non-hydrogen) atoms. The Morgan fingerprint density at radius 1 is 1.33 bits per heavy atom. The Kier molecular flexibility index (Phi) is 4.49. The van der Waals surface area contributed by atoms with Crippen LogP contribution in [0.5, 0.6) is 0 Å². The molecule has 5 heteroatoms. The molecule has 1 saturated heterocycles. The van der Waals surface area contributed by atoms with Crippen LogP contribution >= 0.6 is 0 Å². The Hall–Kier alpha value is -1.20. The second-order valence-electron chi connectivity index (χ2n) is 4.50. The van der Waals surface area contributed by atoms with Crippen LogP contribution in [0.1, 0.15) is 12.0 Å². The highest BCUT2D eigenvalue weighted by Gasteiger charge is 2.26. The third-order valence-electron chi connectivity index (χ3n) is 2.95. The molecular formula is C13H18N2O2S. The van der Waals surface area contributed by atoms with Gasteiger partial charge in [0.1, 0.15) is 0 Å². The van der Waals surface area contributed by atoms with Crippen molar-refractivity contribution in [3.8, 4) is 0 Å². The Balaban J connectivity index is 1.66. The summed E-state index contributed by atoms with van der Waals surface area (Å²) >= 11 is 0. The standard InChI is InChI=1S/C13H18N2O2S/c16-18(17)9-6-13(11-18)15-8-7-14-10-12-4-2-1-3-5-12/h1-5,10,13,15H,6-9,11H2/t13-/m1/s1. The molecule has 1 N–H and O–H groups in total. The summed E-state index contributed by atoms with van der Waals surface area (Å²) in [6.45, 7) is 1.40. The average Bonchev–Trinajstić information content (AvgIpc) is 2.70. The highest BCUT2D eigenvalue weighted by atomic mass is 32.2. The van der Waals surface area contributed by atoms with E-state index in [2.05, 4.69) is 10.3 Å². The molecule has 0 radical (unpaired) electrons. The monoisotopic (exact) mass is 266 g/mol. The summed E-state index contributed by atoms with van der Waals surface area (Å²) in [5.74, 6) is 0.591. The molecule has 0 bridgehead atoms. The van der Waals surface area contributed by atoms with Crippen molar-refractivity contribution < 1.29 is 8.42 Å². The van der Waals surface area contributed by atoms with Crippen LogP contribution < -0.4 is 5.32 Å². The van der Waals surface area contributed by atoms with E-state index in [4.69, 9.17) is 0 Å². The van der Waals surface area contributed by atoms with Gasteiger partial charge in [-0.2, -0.15) is 0 Å². The molecule has 1 aliphatic heterocycles. The molecule has 4 nitrogen and oxygen atoms in total. The molecule has 0 spiro atoms. The molecule has 98 valence electrons. The number of benzene rings is 1. The van der Waals surface area contributed by atoms with E-state index >= 15 is 0 Å². The highest BCUT2D eigenvalue weighted by Crippen LogP contribution is 2.10. The smallest absolute Gasteiger partial charge is 0.151 e. The highest BCUT2D eigenvalue weighted by molar-refractivity contribution is 7.91. The van der Waals surface area contributed by atoms with E-state index in [1.165, 1.54) is 0 Å². The summed E-state index contributed by atoms with van der Waals surface area (Å²) in [6, 6.07) is 10.0. The molecule has 0 unspecified atom stereocenters. The summed E-state index contributed by atoms with van der Waals surface area (Å²) in [7, 11) is -2.78. The van der Waals surface area contributed by atoms with Crippen LogP contribution in [0.4, 0.5) is 0 Å². The van der Waals surface area contributed by atoms with Crippen LogP contribution in [0.3, 0.4) is 0 Å². The number of aliphatic imine (C=N–C) groups is 1. The van der Waals surface area contributed by atoms with Gasteiger partial charge in [0.15, 0.2) is 9.84 Å². The molecule has 0 amide bonds. The Bertz CT molecular complexity index is 497. The molecule has 1 aromatic carbocycles. The van der Waals surface area contributed by atoms with E-state index in [0.29, 0.717) is 12.3 Å². The fraction of sp³-hybridized carbons (Fsp3) is 0.462. The number of sulfone groups is 1. The van der Waals surface area contributed by atoms with E-state index < -0.39 is 9.84 Å². The van der Waals surface area contributed by atoms with Gasteiger partial charge in [0, 0.05) is 18.8 Å². The van der Waals surface area contributed by atoms with E-state index in [9.17, 15) is 8.42 Å². The number of rotatable bonds is 5. The topological polar surface area (TPSA) is 58.5 Å². The van der Waals surface area contributed by atoms with Crippen LogP contribution in [0.25, 0.3) is 0 Å². The molecule has 1 aliphatic rings. The van der Waals surface area contributed by atoms with Gasteiger partial charge in [-0.25, -0.2) is 8.42 Å². The van der Waals surface area contributed by atoms with Gasteiger partial charge >= 0.3 is 0 Å². The molecular weight excluding hydrogens is 248 g/mol. The van der Waals surface area contributed by atoms with Crippen molar-refractivity contribution in [2.24, 2.45) is 4.99 Å². The number of hydrogen-bond donors (Lipinski definition) is 1. The van der Waals surface area contributed by atoms with Gasteiger partial charge in [-0.05, 0) is 12.0 Å². The third kappa shape index (κ3) is 4.23. The summed E-state index contributed by atoms with van der Waals surface area (Å²) < 4.78 is 22.5. The van der Waals surface area contributed by atoms with Crippen LogP contribution in [0, 0.1) is 0 Å². The Morgan fingerprint density at radius 3 is 2.78 bits per heavy atom. The molecule has 0 aromatic heterocycles. The van der Waals surface area contributed by atoms with Gasteiger partial charge in [0.25, 0.3) is 0 Å². The normalized spacial score (nSPS) is 22.6. The molecule has 1 aromatic rings. The van der Waals surface area contributed by atoms with Gasteiger partial charge in [-0.15, -0.1) is 0 Å². The maximum atomic E-state index is 11.2. The van der Waals surface area contributed by atoms with Crippen LogP contribution in [0.2, 0.25) is 0 Å². The average molecular weight is 266 g/mol.